The minimum atomic E-state index is -4.32. The first-order valence-corrected chi connectivity index (χ1v) is 15.0. The fourth-order valence-electron chi connectivity index (χ4n) is 3.91. The van der Waals surface area contributed by atoms with Crippen LogP contribution in [0, 0.1) is 5.82 Å². The van der Waals surface area contributed by atoms with E-state index < -0.39 is 40.2 Å². The van der Waals surface area contributed by atoms with Crippen molar-refractivity contribution in [1.29, 1.82) is 0 Å². The van der Waals surface area contributed by atoms with E-state index in [4.69, 9.17) is 27.9 Å². The summed E-state index contributed by atoms with van der Waals surface area (Å²) in [7, 11) is -2.87. The molecule has 0 radical (unpaired) electrons. The SMILES string of the molecule is CC[C@H](C)NC(=O)[C@@H](C)N(Cc1c(Cl)cccc1Cl)C(=O)CN(c1ccc(F)cc1)S(=O)(=O)c1ccc(OC)cc1. The maximum atomic E-state index is 14.0. The van der Waals surface area contributed by atoms with Crippen LogP contribution in [0.3, 0.4) is 0 Å². The molecule has 0 heterocycles. The summed E-state index contributed by atoms with van der Waals surface area (Å²) in [6, 6.07) is 14.1. The summed E-state index contributed by atoms with van der Waals surface area (Å²) in [5.74, 6) is -1.26. The minimum Gasteiger partial charge on any atom is -0.497 e. The lowest BCUT2D eigenvalue weighted by Gasteiger charge is -2.32. The first kappa shape index (κ1) is 32.2. The number of hydrogen-bond acceptors (Lipinski definition) is 5. The Kier molecular flexibility index (Phi) is 11.0. The Hall–Kier alpha value is -3.34. The third kappa shape index (κ3) is 7.90. The number of halogens is 3. The van der Waals surface area contributed by atoms with Crippen molar-refractivity contribution in [2.75, 3.05) is 18.0 Å². The number of sulfonamides is 1. The van der Waals surface area contributed by atoms with Crippen LogP contribution in [-0.2, 0) is 26.2 Å². The predicted octanol–water partition coefficient (Wildman–Crippen LogP) is 5.67. The van der Waals surface area contributed by atoms with E-state index in [1.807, 2.05) is 13.8 Å². The molecule has 0 aliphatic carbocycles. The zero-order valence-electron chi connectivity index (χ0n) is 23.1. The maximum absolute atomic E-state index is 14.0. The van der Waals surface area contributed by atoms with Gasteiger partial charge in [-0.15, -0.1) is 0 Å². The molecule has 0 aliphatic heterocycles. The van der Waals surface area contributed by atoms with Crippen molar-refractivity contribution in [2.45, 2.75) is 50.7 Å². The van der Waals surface area contributed by atoms with Crippen LogP contribution < -0.4 is 14.4 Å². The van der Waals surface area contributed by atoms with E-state index in [2.05, 4.69) is 5.32 Å². The van der Waals surface area contributed by atoms with Gasteiger partial charge in [0.15, 0.2) is 0 Å². The van der Waals surface area contributed by atoms with Crippen molar-refractivity contribution in [2.24, 2.45) is 0 Å². The second-order valence-corrected chi connectivity index (χ2v) is 12.1. The highest BCUT2D eigenvalue weighted by Crippen LogP contribution is 2.29. The second kappa shape index (κ2) is 14.0. The van der Waals surface area contributed by atoms with Gasteiger partial charge in [0.05, 0.1) is 17.7 Å². The average Bonchev–Trinajstić information content (AvgIpc) is 2.95. The van der Waals surface area contributed by atoms with Crippen LogP contribution in [0.25, 0.3) is 0 Å². The molecular weight excluding hydrogens is 592 g/mol. The number of methoxy groups -OCH3 is 1. The molecule has 2 amide bonds. The summed E-state index contributed by atoms with van der Waals surface area (Å²) in [5, 5.41) is 3.42. The summed E-state index contributed by atoms with van der Waals surface area (Å²) in [4.78, 5) is 28.2. The third-order valence-electron chi connectivity index (χ3n) is 6.60. The van der Waals surface area contributed by atoms with Gasteiger partial charge in [-0.2, -0.15) is 0 Å². The molecule has 3 aromatic carbocycles. The Balaban J connectivity index is 2.06. The zero-order chi connectivity index (χ0) is 30.3. The van der Waals surface area contributed by atoms with Crippen molar-refractivity contribution in [3.05, 3.63) is 88.2 Å². The van der Waals surface area contributed by atoms with Crippen LogP contribution in [0.15, 0.2) is 71.6 Å². The van der Waals surface area contributed by atoms with Crippen LogP contribution in [0.2, 0.25) is 10.0 Å². The first-order valence-electron chi connectivity index (χ1n) is 12.8. The fourth-order valence-corrected chi connectivity index (χ4v) is 5.84. The number of nitrogens with one attached hydrogen (secondary N) is 1. The Morgan fingerprint density at radius 1 is 0.976 bits per heavy atom. The molecule has 0 fully saturated rings. The largest absolute Gasteiger partial charge is 0.497 e. The number of anilines is 1. The molecule has 0 saturated carbocycles. The highest BCUT2D eigenvalue weighted by molar-refractivity contribution is 7.92. The monoisotopic (exact) mass is 623 g/mol. The molecule has 220 valence electrons. The van der Waals surface area contributed by atoms with Crippen molar-refractivity contribution < 1.29 is 27.1 Å². The lowest BCUT2D eigenvalue weighted by Crippen LogP contribution is -2.52. The Labute approximate surface area is 250 Å². The minimum absolute atomic E-state index is 0.0583. The van der Waals surface area contributed by atoms with Crippen molar-refractivity contribution in [1.82, 2.24) is 10.2 Å². The van der Waals surface area contributed by atoms with E-state index in [1.165, 1.54) is 48.4 Å². The van der Waals surface area contributed by atoms with Crippen molar-refractivity contribution >= 4 is 50.7 Å². The molecule has 41 heavy (non-hydrogen) atoms. The van der Waals surface area contributed by atoms with Gasteiger partial charge in [-0.1, -0.05) is 36.2 Å². The van der Waals surface area contributed by atoms with Gasteiger partial charge in [-0.25, -0.2) is 12.8 Å². The number of hydrogen-bond donors (Lipinski definition) is 1. The summed E-state index contributed by atoms with van der Waals surface area (Å²) in [6.07, 6.45) is 0.668. The highest BCUT2D eigenvalue weighted by atomic mass is 35.5. The van der Waals surface area contributed by atoms with E-state index in [0.29, 0.717) is 17.7 Å². The number of carbonyl (C=O) groups excluding carboxylic acids is 2. The highest BCUT2D eigenvalue weighted by Gasteiger charge is 2.33. The summed E-state index contributed by atoms with van der Waals surface area (Å²) in [5.41, 5.74) is 0.460. The lowest BCUT2D eigenvalue weighted by molar-refractivity contribution is -0.139. The Morgan fingerprint density at radius 2 is 1.56 bits per heavy atom. The van der Waals surface area contributed by atoms with Gasteiger partial charge >= 0.3 is 0 Å². The van der Waals surface area contributed by atoms with E-state index in [1.54, 1.807) is 25.1 Å². The average molecular weight is 625 g/mol. The van der Waals surface area contributed by atoms with Gasteiger partial charge in [0.2, 0.25) is 11.8 Å². The summed E-state index contributed by atoms with van der Waals surface area (Å²) < 4.78 is 47.4. The molecule has 0 bridgehead atoms. The second-order valence-electron chi connectivity index (χ2n) is 9.38. The molecule has 2 atom stereocenters. The van der Waals surface area contributed by atoms with Crippen LogP contribution in [0.4, 0.5) is 10.1 Å². The molecule has 3 aromatic rings. The normalized spacial score (nSPS) is 12.8. The van der Waals surface area contributed by atoms with Gasteiger partial charge in [0.1, 0.15) is 24.2 Å². The van der Waals surface area contributed by atoms with Gasteiger partial charge in [-0.3, -0.25) is 13.9 Å². The topological polar surface area (TPSA) is 96.0 Å². The van der Waals surface area contributed by atoms with Gasteiger partial charge in [-0.05, 0) is 80.9 Å². The van der Waals surface area contributed by atoms with Gasteiger partial charge in [0.25, 0.3) is 10.0 Å². The standard InChI is InChI=1S/C29H32Cl2FN3O5S/c1-5-19(2)33-29(37)20(3)34(17-25-26(30)7-6-8-27(25)31)28(36)18-35(22-11-9-21(32)10-12-22)41(38,39)24-15-13-23(40-4)14-16-24/h6-16,19-20H,5,17-18H2,1-4H3,(H,33,37)/t19-,20+/m0/s1. The third-order valence-corrected chi connectivity index (χ3v) is 9.10. The molecule has 0 aromatic heterocycles. The smallest absolute Gasteiger partial charge is 0.264 e. The van der Waals surface area contributed by atoms with Crippen molar-refractivity contribution in [3.8, 4) is 5.75 Å². The molecular formula is C29H32Cl2FN3O5S. The number of nitrogens with zero attached hydrogens (tertiary/aromatic N) is 2. The molecule has 0 aliphatic rings. The number of amides is 2. The van der Waals surface area contributed by atoms with Crippen molar-refractivity contribution in [3.63, 3.8) is 0 Å². The van der Waals surface area contributed by atoms with Crippen LogP contribution in [-0.4, -0.2) is 50.9 Å². The van der Waals surface area contributed by atoms with Gasteiger partial charge in [0, 0.05) is 28.2 Å². The number of benzene rings is 3. The molecule has 0 saturated heterocycles. The molecule has 3 rings (SSSR count). The quantitative estimate of drug-likeness (QED) is 0.280. The lowest BCUT2D eigenvalue weighted by atomic mass is 10.1. The predicted molar refractivity (Wildman–Crippen MR) is 158 cm³/mol. The number of carbonyl (C=O) groups is 2. The number of ether oxygens (including phenoxy) is 1. The van der Waals surface area contributed by atoms with E-state index in [0.717, 1.165) is 16.4 Å². The van der Waals surface area contributed by atoms with Crippen LogP contribution >= 0.6 is 23.2 Å². The maximum Gasteiger partial charge on any atom is 0.264 e. The van der Waals surface area contributed by atoms with Gasteiger partial charge < -0.3 is 15.0 Å². The molecule has 0 spiro atoms. The molecule has 12 heteroatoms. The number of rotatable bonds is 12. The van der Waals surface area contributed by atoms with Crippen LogP contribution in [0.1, 0.15) is 32.8 Å². The fraction of sp³-hybridized carbons (Fsp3) is 0.310. The van der Waals surface area contributed by atoms with E-state index in [-0.39, 0.29) is 33.2 Å². The Bertz CT molecular complexity index is 1450. The van der Waals surface area contributed by atoms with E-state index >= 15 is 0 Å². The van der Waals surface area contributed by atoms with E-state index in [9.17, 15) is 22.4 Å². The van der Waals surface area contributed by atoms with Crippen LogP contribution in [0.5, 0.6) is 5.75 Å². The summed E-state index contributed by atoms with van der Waals surface area (Å²) in [6.45, 7) is 4.43. The zero-order valence-corrected chi connectivity index (χ0v) is 25.4. The first-order chi connectivity index (χ1) is 19.4. The molecule has 0 unspecified atom stereocenters. The summed E-state index contributed by atoms with van der Waals surface area (Å²) >= 11 is 12.8. The molecule has 8 nitrogen and oxygen atoms in total. The Morgan fingerprint density at radius 3 is 2.10 bits per heavy atom. The molecule has 1 N–H and O–H groups in total.